The van der Waals surface area contributed by atoms with Crippen LogP contribution >= 0.6 is 11.6 Å². The summed E-state index contributed by atoms with van der Waals surface area (Å²) in [5, 5.41) is 2.65. The Balaban J connectivity index is 1.60. The third-order valence-electron chi connectivity index (χ3n) is 4.52. The van der Waals surface area contributed by atoms with E-state index in [9.17, 15) is 9.59 Å². The zero-order valence-corrected chi connectivity index (χ0v) is 17.0. The van der Waals surface area contributed by atoms with Crippen molar-refractivity contribution in [2.45, 2.75) is 13.1 Å². The number of benzene rings is 3. The van der Waals surface area contributed by atoms with Crippen molar-refractivity contribution in [3.63, 3.8) is 0 Å². The Morgan fingerprint density at radius 1 is 0.793 bits per heavy atom. The molecule has 29 heavy (non-hydrogen) atoms. The molecule has 5 heteroatoms. The lowest BCUT2D eigenvalue weighted by Crippen LogP contribution is -2.17. The number of hydrogen-bond acceptors (Lipinski definition) is 3. The largest absolute Gasteiger partial charge is 0.325 e. The molecule has 0 bridgehead atoms. The quantitative estimate of drug-likeness (QED) is 0.434. The van der Waals surface area contributed by atoms with Crippen molar-refractivity contribution in [2.24, 2.45) is 0 Å². The molecule has 0 saturated heterocycles. The lowest BCUT2D eigenvalue weighted by molar-refractivity contribution is -0.113. The number of halogens is 1. The van der Waals surface area contributed by atoms with Gasteiger partial charge in [-0.15, -0.1) is 11.6 Å². The van der Waals surface area contributed by atoms with Crippen molar-refractivity contribution in [2.75, 3.05) is 18.2 Å². The molecule has 0 saturated carbocycles. The topological polar surface area (TPSA) is 49.4 Å². The van der Waals surface area contributed by atoms with Crippen molar-refractivity contribution >= 4 is 29.0 Å². The van der Waals surface area contributed by atoms with Gasteiger partial charge in [-0.05, 0) is 42.4 Å². The maximum absolute atomic E-state index is 12.7. The van der Waals surface area contributed by atoms with Gasteiger partial charge in [0.2, 0.25) is 5.91 Å². The van der Waals surface area contributed by atoms with Crippen LogP contribution in [0.15, 0.2) is 78.9 Å². The van der Waals surface area contributed by atoms with Crippen molar-refractivity contribution in [3.8, 4) is 0 Å². The minimum absolute atomic E-state index is 0.0515. The lowest BCUT2D eigenvalue weighted by atomic mass is 10.0. The van der Waals surface area contributed by atoms with E-state index in [-0.39, 0.29) is 17.6 Å². The number of anilines is 1. The average molecular weight is 407 g/mol. The molecule has 0 fully saturated rings. The summed E-state index contributed by atoms with van der Waals surface area (Å²) >= 11 is 5.48. The molecule has 0 aliphatic carbocycles. The van der Waals surface area contributed by atoms with Crippen LogP contribution < -0.4 is 5.32 Å². The fourth-order valence-electron chi connectivity index (χ4n) is 3.09. The predicted octanol–water partition coefficient (Wildman–Crippen LogP) is 4.73. The molecule has 0 aliphatic heterocycles. The monoisotopic (exact) mass is 406 g/mol. The van der Waals surface area contributed by atoms with Crippen LogP contribution in [0.4, 0.5) is 5.69 Å². The first-order valence-electron chi connectivity index (χ1n) is 9.37. The maximum Gasteiger partial charge on any atom is 0.239 e. The molecule has 0 unspecified atom stereocenters. The van der Waals surface area contributed by atoms with Gasteiger partial charge in [0.15, 0.2) is 5.78 Å². The van der Waals surface area contributed by atoms with E-state index in [1.165, 1.54) is 5.56 Å². The Hall–Kier alpha value is -2.95. The van der Waals surface area contributed by atoms with Gasteiger partial charge in [0.25, 0.3) is 0 Å². The van der Waals surface area contributed by atoms with E-state index in [4.69, 9.17) is 11.6 Å². The standard InChI is InChI=1S/C24H23ClN2O2/c1-27(16-18-5-3-2-4-6-18)17-19-7-9-20(10-8-19)24(29)21-11-13-22(14-12-21)26-23(28)15-25/h2-14H,15-17H2,1H3,(H,26,28). The summed E-state index contributed by atoms with van der Waals surface area (Å²) in [5.41, 5.74) is 4.25. The van der Waals surface area contributed by atoms with Crippen LogP contribution in [0.1, 0.15) is 27.0 Å². The van der Waals surface area contributed by atoms with E-state index < -0.39 is 0 Å². The third kappa shape index (κ3) is 6.01. The van der Waals surface area contributed by atoms with Gasteiger partial charge in [-0.2, -0.15) is 0 Å². The van der Waals surface area contributed by atoms with Gasteiger partial charge >= 0.3 is 0 Å². The van der Waals surface area contributed by atoms with Gasteiger partial charge in [-0.25, -0.2) is 0 Å². The summed E-state index contributed by atoms with van der Waals surface area (Å²) in [6.07, 6.45) is 0. The first-order valence-corrected chi connectivity index (χ1v) is 9.90. The van der Waals surface area contributed by atoms with Crippen LogP contribution in [0.2, 0.25) is 0 Å². The third-order valence-corrected chi connectivity index (χ3v) is 4.76. The van der Waals surface area contributed by atoms with Gasteiger partial charge in [0.05, 0.1) is 0 Å². The maximum atomic E-state index is 12.7. The van der Waals surface area contributed by atoms with Gasteiger partial charge < -0.3 is 5.32 Å². The van der Waals surface area contributed by atoms with E-state index in [1.807, 2.05) is 42.5 Å². The van der Waals surface area contributed by atoms with Gasteiger partial charge in [0, 0.05) is 29.9 Å². The van der Waals surface area contributed by atoms with Gasteiger partial charge in [0.1, 0.15) is 5.88 Å². The minimum Gasteiger partial charge on any atom is -0.325 e. The summed E-state index contributed by atoms with van der Waals surface area (Å²) < 4.78 is 0. The Bertz CT molecular complexity index is 954. The van der Waals surface area contributed by atoms with Crippen molar-refractivity contribution < 1.29 is 9.59 Å². The highest BCUT2D eigenvalue weighted by Gasteiger charge is 2.10. The predicted molar refractivity (Wildman–Crippen MR) is 117 cm³/mol. The minimum atomic E-state index is -0.279. The van der Waals surface area contributed by atoms with Crippen molar-refractivity contribution in [1.82, 2.24) is 4.90 Å². The lowest BCUT2D eigenvalue weighted by Gasteiger charge is -2.17. The van der Waals surface area contributed by atoms with E-state index in [0.717, 1.165) is 18.7 Å². The normalized spacial score (nSPS) is 10.7. The van der Waals surface area contributed by atoms with E-state index >= 15 is 0 Å². The van der Waals surface area contributed by atoms with E-state index in [0.29, 0.717) is 16.8 Å². The fourth-order valence-corrected chi connectivity index (χ4v) is 3.16. The molecule has 0 heterocycles. The second-order valence-electron chi connectivity index (χ2n) is 6.94. The van der Waals surface area contributed by atoms with Gasteiger partial charge in [-0.3, -0.25) is 14.5 Å². The number of alkyl halides is 1. The molecule has 0 radical (unpaired) electrons. The van der Waals surface area contributed by atoms with E-state index in [2.05, 4.69) is 29.4 Å². The molecule has 3 rings (SSSR count). The number of hydrogen-bond donors (Lipinski definition) is 1. The van der Waals surface area contributed by atoms with Crippen LogP contribution in [-0.2, 0) is 17.9 Å². The zero-order chi connectivity index (χ0) is 20.6. The smallest absolute Gasteiger partial charge is 0.239 e. The molecule has 4 nitrogen and oxygen atoms in total. The molecule has 3 aromatic rings. The Morgan fingerprint density at radius 2 is 1.31 bits per heavy atom. The highest BCUT2D eigenvalue weighted by atomic mass is 35.5. The molecule has 0 spiro atoms. The fraction of sp³-hybridized carbons (Fsp3) is 0.167. The number of amides is 1. The molecule has 0 aromatic heterocycles. The Kier molecular flexibility index (Phi) is 7.17. The van der Waals surface area contributed by atoms with Crippen LogP contribution in [0.25, 0.3) is 0 Å². The molecule has 0 aliphatic rings. The van der Waals surface area contributed by atoms with Gasteiger partial charge in [-0.1, -0.05) is 54.6 Å². The first-order chi connectivity index (χ1) is 14.0. The molecule has 3 aromatic carbocycles. The summed E-state index contributed by atoms with van der Waals surface area (Å²) in [6.45, 7) is 1.67. The Labute approximate surface area is 176 Å². The Morgan fingerprint density at radius 3 is 1.86 bits per heavy atom. The second-order valence-corrected chi connectivity index (χ2v) is 7.21. The molecule has 0 atom stereocenters. The number of rotatable bonds is 8. The second kappa shape index (κ2) is 10.0. The number of ketones is 1. The molecule has 148 valence electrons. The molecular weight excluding hydrogens is 384 g/mol. The van der Waals surface area contributed by atoms with Crippen LogP contribution in [0, 0.1) is 0 Å². The molecule has 1 amide bonds. The number of nitrogens with zero attached hydrogens (tertiary/aromatic N) is 1. The molecule has 1 N–H and O–H groups in total. The van der Waals surface area contributed by atoms with Crippen LogP contribution in [0.5, 0.6) is 0 Å². The highest BCUT2D eigenvalue weighted by molar-refractivity contribution is 6.29. The average Bonchev–Trinajstić information content (AvgIpc) is 2.75. The van der Waals surface area contributed by atoms with Crippen LogP contribution in [-0.4, -0.2) is 29.5 Å². The number of carbonyl (C=O) groups is 2. The zero-order valence-electron chi connectivity index (χ0n) is 16.3. The SMILES string of the molecule is CN(Cc1ccccc1)Cc1ccc(C(=O)c2ccc(NC(=O)CCl)cc2)cc1. The number of carbonyl (C=O) groups excluding carboxylic acids is 2. The van der Waals surface area contributed by atoms with Crippen molar-refractivity contribution in [3.05, 3.63) is 101 Å². The number of nitrogens with one attached hydrogen (secondary N) is 1. The highest BCUT2D eigenvalue weighted by Crippen LogP contribution is 2.16. The summed E-state index contributed by atoms with van der Waals surface area (Å²) in [5.74, 6) is -0.434. The van der Waals surface area contributed by atoms with E-state index in [1.54, 1.807) is 24.3 Å². The summed E-state index contributed by atoms with van der Waals surface area (Å²) in [4.78, 5) is 26.2. The van der Waals surface area contributed by atoms with Crippen molar-refractivity contribution in [1.29, 1.82) is 0 Å². The molecular formula is C24H23ClN2O2. The summed E-state index contributed by atoms with van der Waals surface area (Å²) in [7, 11) is 2.08. The first kappa shape index (κ1) is 20.8. The summed E-state index contributed by atoms with van der Waals surface area (Å²) in [6, 6.07) is 24.8. The van der Waals surface area contributed by atoms with Crippen LogP contribution in [0.3, 0.4) is 0 Å².